The van der Waals surface area contributed by atoms with Gasteiger partial charge in [-0.15, -0.1) is 0 Å². The molecule has 24 heavy (non-hydrogen) atoms. The third kappa shape index (κ3) is 3.27. The molecule has 1 aromatic heterocycles. The molecule has 0 spiro atoms. The molecule has 1 unspecified atom stereocenters. The normalized spacial score (nSPS) is 12.8. The van der Waals surface area contributed by atoms with Crippen LogP contribution in [-0.4, -0.2) is 23.0 Å². The van der Waals surface area contributed by atoms with E-state index in [9.17, 15) is 0 Å². The van der Waals surface area contributed by atoms with E-state index in [1.54, 1.807) is 0 Å². The molecule has 0 saturated carbocycles. The molecule has 0 radical (unpaired) electrons. The van der Waals surface area contributed by atoms with Gasteiger partial charge in [0.2, 0.25) is 5.89 Å². The van der Waals surface area contributed by atoms with Crippen molar-refractivity contribution < 1.29 is 9.36 Å². The van der Waals surface area contributed by atoms with E-state index >= 15 is 0 Å². The minimum atomic E-state index is -0.0747. The summed E-state index contributed by atoms with van der Waals surface area (Å²) in [6.45, 7) is 1.99. The van der Waals surface area contributed by atoms with Gasteiger partial charge in [-0.3, -0.25) is 0 Å². The van der Waals surface area contributed by atoms with Crippen LogP contribution in [0.1, 0.15) is 35.4 Å². The molecular formula is C18H18N4O2. The second-order valence-electron chi connectivity index (χ2n) is 5.33. The van der Waals surface area contributed by atoms with Gasteiger partial charge in [-0.2, -0.15) is 4.98 Å². The van der Waals surface area contributed by atoms with Gasteiger partial charge in [-0.25, -0.2) is 0 Å². The van der Waals surface area contributed by atoms with Crippen LogP contribution in [-0.2, 0) is 4.84 Å². The Kier molecular flexibility index (Phi) is 4.56. The lowest BCUT2D eigenvalue weighted by Crippen LogP contribution is -2.06. The van der Waals surface area contributed by atoms with Gasteiger partial charge in [-0.1, -0.05) is 53.7 Å². The summed E-state index contributed by atoms with van der Waals surface area (Å²) in [5.41, 5.74) is 9.24. The first-order chi connectivity index (χ1) is 11.7. The van der Waals surface area contributed by atoms with Crippen LogP contribution in [0.15, 0.2) is 64.3 Å². The lowest BCUT2D eigenvalue weighted by atomic mass is 9.95. The number of benzene rings is 2. The predicted octanol–water partition coefficient (Wildman–Crippen LogP) is 3.20. The topological polar surface area (TPSA) is 86.5 Å². The Hall–Kier alpha value is -3.15. The quantitative estimate of drug-likeness (QED) is 0.576. The number of rotatable bonds is 5. The van der Waals surface area contributed by atoms with Gasteiger partial charge < -0.3 is 15.1 Å². The van der Waals surface area contributed by atoms with Crippen molar-refractivity contribution in [2.24, 2.45) is 5.16 Å². The van der Waals surface area contributed by atoms with Crippen LogP contribution in [0.3, 0.4) is 0 Å². The van der Waals surface area contributed by atoms with E-state index in [0.29, 0.717) is 5.89 Å². The van der Waals surface area contributed by atoms with Crippen molar-refractivity contribution in [3.8, 4) is 0 Å². The summed E-state index contributed by atoms with van der Waals surface area (Å²) in [4.78, 5) is 9.13. The molecule has 0 aliphatic heterocycles. The molecule has 2 aromatic carbocycles. The van der Waals surface area contributed by atoms with E-state index in [4.69, 9.17) is 15.1 Å². The average molecular weight is 322 g/mol. The van der Waals surface area contributed by atoms with Crippen molar-refractivity contribution in [3.05, 3.63) is 77.2 Å². The van der Waals surface area contributed by atoms with Crippen LogP contribution in [0.5, 0.6) is 0 Å². The molecule has 0 aliphatic carbocycles. The molecule has 3 rings (SSSR count). The first-order valence-corrected chi connectivity index (χ1v) is 7.55. The van der Waals surface area contributed by atoms with Gasteiger partial charge in [0.1, 0.15) is 12.8 Å². The Morgan fingerprint density at radius 1 is 1.12 bits per heavy atom. The number of nitrogen functional groups attached to an aromatic ring is 1. The number of hydrogen-bond donors (Lipinski definition) is 1. The van der Waals surface area contributed by atoms with Crippen molar-refractivity contribution in [1.29, 1.82) is 0 Å². The first kappa shape index (κ1) is 15.7. The van der Waals surface area contributed by atoms with Crippen molar-refractivity contribution in [1.82, 2.24) is 10.1 Å². The van der Waals surface area contributed by atoms with Crippen LogP contribution >= 0.6 is 0 Å². The van der Waals surface area contributed by atoms with Gasteiger partial charge in [0.15, 0.2) is 0 Å². The molecule has 6 heteroatoms. The molecule has 1 atom stereocenters. The van der Waals surface area contributed by atoms with E-state index in [2.05, 4.69) is 15.3 Å². The number of aromatic nitrogens is 2. The van der Waals surface area contributed by atoms with Crippen molar-refractivity contribution in [3.63, 3.8) is 0 Å². The minimum absolute atomic E-state index is 0.0747. The Labute approximate surface area is 139 Å². The summed E-state index contributed by atoms with van der Waals surface area (Å²) in [5.74, 6) is 0.544. The standard InChI is InChI=1S/C18H18N4O2/c1-12(17-20-18(19)22-24-17)14-9-6-10-15(11-14)16(21-23-2)13-7-4-3-5-8-13/h3-12H,1-2H3,(H2,19,22)/b21-16+. The predicted molar refractivity (Wildman–Crippen MR) is 91.8 cm³/mol. The summed E-state index contributed by atoms with van der Waals surface area (Å²) in [6, 6.07) is 17.9. The molecule has 6 nitrogen and oxygen atoms in total. The van der Waals surface area contributed by atoms with E-state index in [1.165, 1.54) is 7.11 Å². The number of oxime groups is 1. The molecule has 2 N–H and O–H groups in total. The second kappa shape index (κ2) is 6.95. The molecule has 0 fully saturated rings. The average Bonchev–Trinajstić information content (AvgIpc) is 3.06. The van der Waals surface area contributed by atoms with Crippen LogP contribution in [0.2, 0.25) is 0 Å². The fraction of sp³-hybridized carbons (Fsp3) is 0.167. The number of anilines is 1. The summed E-state index contributed by atoms with van der Waals surface area (Å²) in [5, 5.41) is 7.83. The molecule has 122 valence electrons. The maximum absolute atomic E-state index is 5.54. The first-order valence-electron chi connectivity index (χ1n) is 7.55. The van der Waals surface area contributed by atoms with Gasteiger partial charge in [0, 0.05) is 11.1 Å². The Balaban J connectivity index is 1.98. The Morgan fingerprint density at radius 2 is 1.88 bits per heavy atom. The van der Waals surface area contributed by atoms with Crippen molar-refractivity contribution in [2.75, 3.05) is 12.8 Å². The van der Waals surface area contributed by atoms with Crippen LogP contribution in [0, 0.1) is 0 Å². The molecule has 0 aliphatic rings. The zero-order chi connectivity index (χ0) is 16.9. The second-order valence-corrected chi connectivity index (χ2v) is 5.33. The van der Waals surface area contributed by atoms with E-state index in [1.807, 2.05) is 61.5 Å². The molecule has 0 bridgehead atoms. The highest BCUT2D eigenvalue weighted by Crippen LogP contribution is 2.24. The fourth-order valence-corrected chi connectivity index (χ4v) is 2.48. The summed E-state index contributed by atoms with van der Waals surface area (Å²) >= 11 is 0. The van der Waals surface area contributed by atoms with Gasteiger partial charge in [-0.05, 0) is 23.7 Å². The zero-order valence-corrected chi connectivity index (χ0v) is 13.5. The van der Waals surface area contributed by atoms with Gasteiger partial charge in [0.25, 0.3) is 5.95 Å². The largest absolute Gasteiger partial charge is 0.399 e. The van der Waals surface area contributed by atoms with Crippen molar-refractivity contribution >= 4 is 11.7 Å². The minimum Gasteiger partial charge on any atom is -0.399 e. The smallest absolute Gasteiger partial charge is 0.260 e. The Morgan fingerprint density at radius 3 is 2.54 bits per heavy atom. The molecule has 3 aromatic rings. The van der Waals surface area contributed by atoms with E-state index in [-0.39, 0.29) is 11.9 Å². The Bertz CT molecular complexity index is 843. The van der Waals surface area contributed by atoms with Crippen LogP contribution in [0.25, 0.3) is 0 Å². The summed E-state index contributed by atoms with van der Waals surface area (Å²) in [6.07, 6.45) is 0. The third-order valence-electron chi connectivity index (χ3n) is 3.72. The molecule has 0 amide bonds. The number of hydrogen-bond acceptors (Lipinski definition) is 6. The maximum Gasteiger partial charge on any atom is 0.260 e. The van der Waals surface area contributed by atoms with Gasteiger partial charge >= 0.3 is 0 Å². The summed E-state index contributed by atoms with van der Waals surface area (Å²) < 4.78 is 5.17. The zero-order valence-electron chi connectivity index (χ0n) is 13.5. The highest BCUT2D eigenvalue weighted by molar-refractivity contribution is 6.12. The van der Waals surface area contributed by atoms with E-state index in [0.717, 1.165) is 22.4 Å². The van der Waals surface area contributed by atoms with Crippen LogP contribution in [0.4, 0.5) is 5.95 Å². The highest BCUT2D eigenvalue weighted by Gasteiger charge is 2.17. The molecular weight excluding hydrogens is 304 g/mol. The fourth-order valence-electron chi connectivity index (χ4n) is 2.48. The maximum atomic E-state index is 5.54. The lowest BCUT2D eigenvalue weighted by Gasteiger charge is -2.11. The third-order valence-corrected chi connectivity index (χ3v) is 3.72. The lowest BCUT2D eigenvalue weighted by molar-refractivity contribution is 0.214. The molecule has 1 heterocycles. The number of nitrogens with zero attached hydrogens (tertiary/aromatic N) is 3. The number of nitrogens with two attached hydrogens (primary N) is 1. The monoisotopic (exact) mass is 322 g/mol. The van der Waals surface area contributed by atoms with E-state index < -0.39 is 0 Å². The molecule has 0 saturated heterocycles. The van der Waals surface area contributed by atoms with Gasteiger partial charge in [0.05, 0.1) is 5.92 Å². The van der Waals surface area contributed by atoms with Crippen LogP contribution < -0.4 is 5.73 Å². The SMILES string of the molecule is CO/N=C(\c1ccccc1)c1cccc(C(C)c2nc(N)no2)c1. The highest BCUT2D eigenvalue weighted by atomic mass is 16.6. The summed E-state index contributed by atoms with van der Waals surface area (Å²) in [7, 11) is 1.54. The van der Waals surface area contributed by atoms with Crippen molar-refractivity contribution in [2.45, 2.75) is 12.8 Å².